The first kappa shape index (κ1) is 19.6. The van der Waals surface area contributed by atoms with Crippen molar-refractivity contribution < 1.29 is 9.18 Å². The summed E-state index contributed by atoms with van der Waals surface area (Å²) >= 11 is 0. The Labute approximate surface area is 165 Å². The lowest BCUT2D eigenvalue weighted by Crippen LogP contribution is -2.46. The zero-order chi connectivity index (χ0) is 18.3. The molecule has 0 saturated carbocycles. The first-order chi connectivity index (χ1) is 12.5. The van der Waals surface area contributed by atoms with Gasteiger partial charge in [-0.15, -0.1) is 12.4 Å². The highest BCUT2D eigenvalue weighted by atomic mass is 35.5. The van der Waals surface area contributed by atoms with Gasteiger partial charge in [0.05, 0.1) is 0 Å². The van der Waals surface area contributed by atoms with Crippen LogP contribution in [0.15, 0.2) is 48.5 Å². The molecule has 2 aromatic rings. The maximum atomic E-state index is 13.0. The van der Waals surface area contributed by atoms with E-state index in [2.05, 4.69) is 37.1 Å². The Hall–Kier alpha value is -2.17. The molecular weight excluding hydrogens is 363 g/mol. The summed E-state index contributed by atoms with van der Waals surface area (Å²) in [7, 11) is 2.14. The highest BCUT2D eigenvalue weighted by Crippen LogP contribution is 2.45. The molecule has 2 unspecified atom stereocenters. The lowest BCUT2D eigenvalue weighted by molar-refractivity contribution is -0.114. The number of benzene rings is 2. The topological polar surface area (TPSA) is 23.6 Å². The maximum absolute atomic E-state index is 13.0. The molecule has 0 aromatic heterocycles. The number of carbonyl (C=O) groups is 1. The average Bonchev–Trinajstić information content (AvgIpc) is 2.94. The quantitative estimate of drug-likeness (QED) is 0.714. The number of likely N-dealkylation sites (N-methyl/N-ethyl adjacent to an activating group) is 1. The van der Waals surface area contributed by atoms with Crippen molar-refractivity contribution >= 4 is 30.1 Å². The van der Waals surface area contributed by atoms with Gasteiger partial charge in [0.2, 0.25) is 0 Å². The summed E-state index contributed by atoms with van der Waals surface area (Å²) in [5, 5.41) is 0. The Bertz CT molecular complexity index is 865. The predicted octanol–water partition coefficient (Wildman–Crippen LogP) is 4.40. The molecule has 1 saturated heterocycles. The van der Waals surface area contributed by atoms with E-state index < -0.39 is 0 Å². The lowest BCUT2D eigenvalue weighted by Gasteiger charge is -2.36. The zero-order valence-corrected chi connectivity index (χ0v) is 16.4. The molecule has 2 aliphatic heterocycles. The molecule has 0 aliphatic carbocycles. The molecule has 2 aromatic carbocycles. The molecule has 0 bridgehead atoms. The highest BCUT2D eigenvalue weighted by molar-refractivity contribution is 6.06. The molecule has 2 aliphatic rings. The predicted molar refractivity (Wildman–Crippen MR) is 110 cm³/mol. The number of aryl methyl sites for hydroxylation is 1. The summed E-state index contributed by atoms with van der Waals surface area (Å²) in [5.74, 6) is 0.0924. The number of halogens is 2. The number of piperidine rings is 1. The molecule has 27 heavy (non-hydrogen) atoms. The molecule has 2 heterocycles. The number of anilines is 1. The Balaban J connectivity index is 0.00000210. The van der Waals surface area contributed by atoms with Crippen LogP contribution in [0.3, 0.4) is 0 Å². The van der Waals surface area contributed by atoms with Gasteiger partial charge in [0.1, 0.15) is 5.82 Å². The van der Waals surface area contributed by atoms with E-state index in [-0.39, 0.29) is 30.2 Å². The van der Waals surface area contributed by atoms with Crippen molar-refractivity contribution in [2.45, 2.75) is 25.3 Å². The maximum Gasteiger partial charge on any atom is 0.251 e. The second-order valence-electron chi connectivity index (χ2n) is 7.38. The van der Waals surface area contributed by atoms with Gasteiger partial charge in [0.25, 0.3) is 5.91 Å². The zero-order valence-electron chi connectivity index (χ0n) is 15.6. The standard InChI is InChI=1S/C22H23FN2O.ClH/c1-15-3-9-20-18(13-15)19-14-24(2)12-11-21(19)25(20)22(26)10-6-16-4-7-17(23)8-5-16;/h3-10,13,19,21H,11-12,14H2,1-2H3;1H. The van der Waals surface area contributed by atoms with E-state index >= 15 is 0 Å². The molecule has 142 valence electrons. The number of amides is 1. The number of hydrogen-bond donors (Lipinski definition) is 0. The van der Waals surface area contributed by atoms with Gasteiger partial charge in [-0.25, -0.2) is 4.39 Å². The SMILES string of the molecule is Cc1ccc2c(c1)C1CN(C)CCC1N2C(=O)C=Cc1ccc(F)cc1.Cl. The van der Waals surface area contributed by atoms with E-state index in [9.17, 15) is 9.18 Å². The minimum Gasteiger partial charge on any atom is -0.306 e. The van der Waals surface area contributed by atoms with Crippen LogP contribution in [0.4, 0.5) is 10.1 Å². The monoisotopic (exact) mass is 386 g/mol. The van der Waals surface area contributed by atoms with Crippen molar-refractivity contribution in [1.82, 2.24) is 4.90 Å². The summed E-state index contributed by atoms with van der Waals surface area (Å²) in [6.45, 7) is 4.08. The molecule has 5 heteroatoms. The third kappa shape index (κ3) is 3.78. The molecule has 0 N–H and O–H groups in total. The summed E-state index contributed by atoms with van der Waals surface area (Å²) in [6, 6.07) is 12.8. The highest BCUT2D eigenvalue weighted by Gasteiger charge is 2.43. The van der Waals surface area contributed by atoms with E-state index in [4.69, 9.17) is 0 Å². The third-order valence-corrected chi connectivity index (χ3v) is 5.48. The Morgan fingerprint density at radius 1 is 1.19 bits per heavy atom. The third-order valence-electron chi connectivity index (χ3n) is 5.48. The summed E-state index contributed by atoms with van der Waals surface area (Å²) in [6.07, 6.45) is 4.35. The smallest absolute Gasteiger partial charge is 0.251 e. The van der Waals surface area contributed by atoms with Crippen LogP contribution in [-0.4, -0.2) is 37.0 Å². The minimum atomic E-state index is -0.272. The number of hydrogen-bond acceptors (Lipinski definition) is 2. The summed E-state index contributed by atoms with van der Waals surface area (Å²) < 4.78 is 13.0. The summed E-state index contributed by atoms with van der Waals surface area (Å²) in [5.41, 5.74) is 4.37. The van der Waals surface area contributed by atoms with Gasteiger partial charge in [-0.3, -0.25) is 4.79 Å². The fraction of sp³-hybridized carbons (Fsp3) is 0.318. The van der Waals surface area contributed by atoms with Crippen LogP contribution in [0.1, 0.15) is 29.0 Å². The molecule has 1 fully saturated rings. The molecule has 0 radical (unpaired) electrons. The second-order valence-corrected chi connectivity index (χ2v) is 7.38. The molecule has 4 rings (SSSR count). The van der Waals surface area contributed by atoms with E-state index in [0.717, 1.165) is 30.8 Å². The van der Waals surface area contributed by atoms with Crippen LogP contribution in [0.25, 0.3) is 6.08 Å². The number of carbonyl (C=O) groups excluding carboxylic acids is 1. The van der Waals surface area contributed by atoms with Crippen molar-refractivity contribution in [3.63, 3.8) is 0 Å². The van der Waals surface area contributed by atoms with Crippen molar-refractivity contribution in [3.8, 4) is 0 Å². The van der Waals surface area contributed by atoms with Gasteiger partial charge >= 0.3 is 0 Å². The van der Waals surface area contributed by atoms with Crippen LogP contribution in [-0.2, 0) is 4.79 Å². The Morgan fingerprint density at radius 3 is 2.67 bits per heavy atom. The van der Waals surface area contributed by atoms with Crippen LogP contribution in [0.2, 0.25) is 0 Å². The molecule has 3 nitrogen and oxygen atoms in total. The van der Waals surface area contributed by atoms with E-state index in [0.29, 0.717) is 5.92 Å². The van der Waals surface area contributed by atoms with Crippen LogP contribution >= 0.6 is 12.4 Å². The Morgan fingerprint density at radius 2 is 1.93 bits per heavy atom. The molecule has 0 spiro atoms. The number of likely N-dealkylation sites (tertiary alicyclic amines) is 1. The van der Waals surface area contributed by atoms with Crippen molar-refractivity contribution in [2.75, 3.05) is 25.0 Å². The number of nitrogens with zero attached hydrogens (tertiary/aromatic N) is 2. The minimum absolute atomic E-state index is 0. The molecule has 1 amide bonds. The number of rotatable bonds is 2. The Kier molecular flexibility index (Phi) is 5.68. The van der Waals surface area contributed by atoms with Crippen molar-refractivity contribution in [2.24, 2.45) is 0 Å². The van der Waals surface area contributed by atoms with Gasteiger partial charge < -0.3 is 9.80 Å². The molecule has 2 atom stereocenters. The van der Waals surface area contributed by atoms with Crippen molar-refractivity contribution in [3.05, 3.63) is 71.0 Å². The van der Waals surface area contributed by atoms with Crippen LogP contribution < -0.4 is 4.90 Å². The van der Waals surface area contributed by atoms with Gasteiger partial charge in [0, 0.05) is 30.3 Å². The summed E-state index contributed by atoms with van der Waals surface area (Å²) in [4.78, 5) is 17.3. The fourth-order valence-electron chi connectivity index (χ4n) is 4.19. The van der Waals surface area contributed by atoms with Gasteiger partial charge in [-0.1, -0.05) is 29.8 Å². The normalized spacial score (nSPS) is 21.7. The van der Waals surface area contributed by atoms with Crippen LogP contribution in [0, 0.1) is 12.7 Å². The first-order valence-electron chi connectivity index (χ1n) is 9.09. The number of fused-ring (bicyclic) bond motifs is 3. The second kappa shape index (κ2) is 7.83. The van der Waals surface area contributed by atoms with Crippen molar-refractivity contribution in [1.29, 1.82) is 0 Å². The van der Waals surface area contributed by atoms with Gasteiger partial charge in [-0.05, 0) is 62.3 Å². The lowest BCUT2D eigenvalue weighted by atomic mass is 9.89. The largest absolute Gasteiger partial charge is 0.306 e. The van der Waals surface area contributed by atoms with Crippen LogP contribution in [0.5, 0.6) is 0 Å². The van der Waals surface area contributed by atoms with E-state index in [1.54, 1.807) is 24.3 Å². The molecular formula is C22H24ClFN2O. The van der Waals surface area contributed by atoms with E-state index in [1.807, 2.05) is 4.90 Å². The van der Waals surface area contributed by atoms with Gasteiger partial charge in [0.15, 0.2) is 0 Å². The average molecular weight is 387 g/mol. The fourth-order valence-corrected chi connectivity index (χ4v) is 4.19. The van der Waals surface area contributed by atoms with E-state index in [1.165, 1.54) is 23.3 Å². The van der Waals surface area contributed by atoms with Gasteiger partial charge in [-0.2, -0.15) is 0 Å². The first-order valence-corrected chi connectivity index (χ1v) is 9.09.